The normalized spacial score (nSPS) is 21.8. The molecule has 1 atom stereocenters. The van der Waals surface area contributed by atoms with Gasteiger partial charge in [-0.05, 0) is 57.5 Å². The number of fused-ring (bicyclic) bond motifs is 1. The van der Waals surface area contributed by atoms with Crippen molar-refractivity contribution in [2.24, 2.45) is 5.41 Å². The summed E-state index contributed by atoms with van der Waals surface area (Å²) in [5.74, 6) is 0.839. The molecule has 0 aliphatic carbocycles. The SMILES string of the molecule is CC(C)Oc1ccc(-c2n[nH]c3ccc(N4CC[C@@]5(CCNC5)C4=O)cc23)cn1. The number of benzene rings is 1. The van der Waals surface area contributed by atoms with Gasteiger partial charge >= 0.3 is 0 Å². The number of H-pyrrole nitrogens is 1. The van der Waals surface area contributed by atoms with Gasteiger partial charge in [0, 0.05) is 42.0 Å². The number of amides is 1. The van der Waals surface area contributed by atoms with Crippen LogP contribution < -0.4 is 15.0 Å². The van der Waals surface area contributed by atoms with Crippen LogP contribution in [0.1, 0.15) is 26.7 Å². The minimum absolute atomic E-state index is 0.0819. The number of carbonyl (C=O) groups excluding carboxylic acids is 1. The Balaban J connectivity index is 1.47. The van der Waals surface area contributed by atoms with E-state index < -0.39 is 0 Å². The molecule has 1 spiro atoms. The van der Waals surface area contributed by atoms with Crippen LogP contribution in [-0.2, 0) is 4.79 Å². The number of rotatable bonds is 4. The van der Waals surface area contributed by atoms with Crippen molar-refractivity contribution >= 4 is 22.5 Å². The van der Waals surface area contributed by atoms with Crippen LogP contribution in [0.3, 0.4) is 0 Å². The van der Waals surface area contributed by atoms with Gasteiger partial charge < -0.3 is 15.0 Å². The number of ether oxygens (including phenoxy) is 1. The second kappa shape index (κ2) is 6.84. The first-order chi connectivity index (χ1) is 14.1. The average Bonchev–Trinajstić information content (AvgIpc) is 3.43. The molecule has 1 aromatic carbocycles. The van der Waals surface area contributed by atoms with Crippen molar-refractivity contribution in [1.82, 2.24) is 20.5 Å². The minimum atomic E-state index is -0.218. The zero-order valence-corrected chi connectivity index (χ0v) is 16.7. The maximum Gasteiger partial charge on any atom is 0.234 e. The molecule has 0 unspecified atom stereocenters. The molecule has 7 nitrogen and oxygen atoms in total. The Bertz CT molecular complexity index is 1050. The van der Waals surface area contributed by atoms with E-state index in [0.29, 0.717) is 5.88 Å². The average molecular weight is 391 g/mol. The van der Waals surface area contributed by atoms with Gasteiger partial charge in [0.05, 0.1) is 17.0 Å². The van der Waals surface area contributed by atoms with E-state index in [9.17, 15) is 4.79 Å². The lowest BCUT2D eigenvalue weighted by Crippen LogP contribution is -2.36. The van der Waals surface area contributed by atoms with E-state index in [-0.39, 0.29) is 17.4 Å². The smallest absolute Gasteiger partial charge is 0.234 e. The number of hydrogen-bond acceptors (Lipinski definition) is 5. The monoisotopic (exact) mass is 391 g/mol. The molecule has 5 rings (SSSR count). The van der Waals surface area contributed by atoms with E-state index in [1.165, 1.54) is 0 Å². The quantitative estimate of drug-likeness (QED) is 0.714. The number of nitrogens with one attached hydrogen (secondary N) is 2. The fourth-order valence-electron chi connectivity index (χ4n) is 4.43. The van der Waals surface area contributed by atoms with Gasteiger partial charge in [0.1, 0.15) is 5.69 Å². The first-order valence-electron chi connectivity index (χ1n) is 10.2. The Hall–Kier alpha value is -2.93. The maximum atomic E-state index is 13.1. The molecule has 1 amide bonds. The van der Waals surface area contributed by atoms with E-state index in [1.807, 2.05) is 43.0 Å². The summed E-state index contributed by atoms with van der Waals surface area (Å²) in [6.07, 6.45) is 3.70. The highest BCUT2D eigenvalue weighted by molar-refractivity contribution is 6.03. The summed E-state index contributed by atoms with van der Waals surface area (Å²) in [6.45, 7) is 6.43. The van der Waals surface area contributed by atoms with Crippen LogP contribution in [0.2, 0.25) is 0 Å². The molecule has 2 aromatic heterocycles. The summed E-state index contributed by atoms with van der Waals surface area (Å²) in [5.41, 5.74) is 3.39. The van der Waals surface area contributed by atoms with Gasteiger partial charge in [-0.15, -0.1) is 0 Å². The van der Waals surface area contributed by atoms with Crippen LogP contribution in [0.15, 0.2) is 36.5 Å². The first kappa shape index (κ1) is 18.1. The number of nitrogens with zero attached hydrogens (tertiary/aromatic N) is 3. The third-order valence-corrected chi connectivity index (χ3v) is 5.98. The summed E-state index contributed by atoms with van der Waals surface area (Å²) in [4.78, 5) is 19.4. The van der Waals surface area contributed by atoms with Crippen LogP contribution >= 0.6 is 0 Å². The third kappa shape index (κ3) is 3.06. The summed E-state index contributed by atoms with van der Waals surface area (Å²) >= 11 is 0. The number of anilines is 1. The van der Waals surface area contributed by atoms with Crippen LogP contribution in [0, 0.1) is 5.41 Å². The van der Waals surface area contributed by atoms with E-state index in [0.717, 1.165) is 60.3 Å². The second-order valence-electron chi connectivity index (χ2n) is 8.27. The Morgan fingerprint density at radius 2 is 2.10 bits per heavy atom. The summed E-state index contributed by atoms with van der Waals surface area (Å²) in [7, 11) is 0. The van der Waals surface area contributed by atoms with Crippen molar-refractivity contribution in [1.29, 1.82) is 0 Å². The molecule has 2 fully saturated rings. The van der Waals surface area contributed by atoms with Gasteiger partial charge in [0.2, 0.25) is 11.8 Å². The van der Waals surface area contributed by atoms with Crippen LogP contribution in [0.5, 0.6) is 5.88 Å². The second-order valence-corrected chi connectivity index (χ2v) is 8.27. The summed E-state index contributed by atoms with van der Waals surface area (Å²) in [5, 5.41) is 11.9. The summed E-state index contributed by atoms with van der Waals surface area (Å²) < 4.78 is 5.63. The molecule has 2 aliphatic rings. The lowest BCUT2D eigenvalue weighted by atomic mass is 9.86. The zero-order valence-electron chi connectivity index (χ0n) is 16.7. The topological polar surface area (TPSA) is 83.1 Å². The number of pyridine rings is 1. The van der Waals surface area contributed by atoms with Gasteiger partial charge in [-0.2, -0.15) is 5.10 Å². The highest BCUT2D eigenvalue weighted by Gasteiger charge is 2.48. The largest absolute Gasteiger partial charge is 0.475 e. The van der Waals surface area contributed by atoms with Crippen LogP contribution in [-0.4, -0.2) is 46.8 Å². The highest BCUT2D eigenvalue weighted by atomic mass is 16.5. The van der Waals surface area contributed by atoms with Gasteiger partial charge in [-0.3, -0.25) is 9.89 Å². The minimum Gasteiger partial charge on any atom is -0.475 e. The number of aromatic amines is 1. The van der Waals surface area contributed by atoms with Crippen molar-refractivity contribution in [3.63, 3.8) is 0 Å². The molecule has 2 N–H and O–H groups in total. The lowest BCUT2D eigenvalue weighted by molar-refractivity contribution is -0.124. The Labute approximate surface area is 169 Å². The van der Waals surface area contributed by atoms with Gasteiger partial charge in [0.25, 0.3) is 0 Å². The van der Waals surface area contributed by atoms with E-state index >= 15 is 0 Å². The van der Waals surface area contributed by atoms with Crippen molar-refractivity contribution in [3.05, 3.63) is 36.5 Å². The van der Waals surface area contributed by atoms with Crippen LogP contribution in [0.4, 0.5) is 5.69 Å². The standard InChI is InChI=1S/C22H25N5O2/c1-14(2)29-19-6-3-15(12-24-19)20-17-11-16(4-5-18(17)25-26-20)27-10-8-22(21(27)28)7-9-23-13-22/h3-6,11-12,14,23H,7-10,13H2,1-2H3,(H,25,26)/t22-/m1/s1. The lowest BCUT2D eigenvalue weighted by Gasteiger charge is -2.22. The molecule has 0 radical (unpaired) electrons. The number of aromatic nitrogens is 3. The highest BCUT2D eigenvalue weighted by Crippen LogP contribution is 2.40. The predicted octanol–water partition coefficient (Wildman–Crippen LogP) is 3.13. The summed E-state index contributed by atoms with van der Waals surface area (Å²) in [6, 6.07) is 9.89. The van der Waals surface area contributed by atoms with E-state index in [4.69, 9.17) is 4.74 Å². The Kier molecular flexibility index (Phi) is 4.28. The fraction of sp³-hybridized carbons (Fsp3) is 0.409. The van der Waals surface area contributed by atoms with Crippen molar-refractivity contribution in [2.75, 3.05) is 24.5 Å². The van der Waals surface area contributed by atoms with Crippen LogP contribution in [0.25, 0.3) is 22.2 Å². The van der Waals surface area contributed by atoms with Crippen molar-refractivity contribution in [2.45, 2.75) is 32.8 Å². The molecular weight excluding hydrogens is 366 g/mol. The van der Waals surface area contributed by atoms with Crippen molar-refractivity contribution in [3.8, 4) is 17.1 Å². The number of carbonyl (C=O) groups is 1. The fourth-order valence-corrected chi connectivity index (χ4v) is 4.43. The van der Waals surface area contributed by atoms with Gasteiger partial charge in [-0.25, -0.2) is 4.98 Å². The number of hydrogen-bond donors (Lipinski definition) is 2. The Morgan fingerprint density at radius 3 is 2.83 bits per heavy atom. The molecule has 29 heavy (non-hydrogen) atoms. The van der Waals surface area contributed by atoms with E-state index in [2.05, 4.69) is 26.6 Å². The molecular formula is C22H25N5O2. The first-order valence-corrected chi connectivity index (χ1v) is 10.2. The third-order valence-electron chi connectivity index (χ3n) is 5.98. The molecule has 3 aromatic rings. The Morgan fingerprint density at radius 1 is 1.21 bits per heavy atom. The molecule has 0 bridgehead atoms. The zero-order chi connectivity index (χ0) is 20.0. The molecule has 2 aliphatic heterocycles. The van der Waals surface area contributed by atoms with Gasteiger partial charge in [0.15, 0.2) is 0 Å². The molecule has 0 saturated carbocycles. The predicted molar refractivity (Wildman–Crippen MR) is 112 cm³/mol. The molecule has 2 saturated heterocycles. The van der Waals surface area contributed by atoms with Gasteiger partial charge in [-0.1, -0.05) is 0 Å². The molecule has 150 valence electrons. The van der Waals surface area contributed by atoms with Crippen molar-refractivity contribution < 1.29 is 9.53 Å². The molecule has 7 heteroatoms. The maximum absolute atomic E-state index is 13.1. The van der Waals surface area contributed by atoms with E-state index in [1.54, 1.807) is 6.20 Å². The molecule has 4 heterocycles.